The molecule has 0 saturated carbocycles. The van der Waals surface area contributed by atoms with Gasteiger partial charge < -0.3 is 14.2 Å². The van der Waals surface area contributed by atoms with Crippen molar-refractivity contribution in [1.82, 2.24) is 0 Å². The summed E-state index contributed by atoms with van der Waals surface area (Å²) in [6.07, 6.45) is -0.673. The Bertz CT molecular complexity index is 962. The van der Waals surface area contributed by atoms with E-state index in [4.69, 9.17) is 14.2 Å². The van der Waals surface area contributed by atoms with Gasteiger partial charge in [-0.15, -0.1) is 0 Å². The molecule has 162 valence electrons. The van der Waals surface area contributed by atoms with E-state index in [9.17, 15) is 4.79 Å². The van der Waals surface area contributed by atoms with Crippen molar-refractivity contribution in [3.63, 3.8) is 0 Å². The first-order valence-corrected chi connectivity index (χ1v) is 10.7. The highest BCUT2D eigenvalue weighted by Crippen LogP contribution is 2.24. The van der Waals surface area contributed by atoms with E-state index in [1.165, 1.54) is 5.56 Å². The van der Waals surface area contributed by atoms with Crippen LogP contribution in [0.2, 0.25) is 0 Å². The second kappa shape index (κ2) is 10.7. The van der Waals surface area contributed by atoms with Crippen LogP contribution in [0.1, 0.15) is 44.7 Å². The third-order valence-electron chi connectivity index (χ3n) is 4.91. The third kappa shape index (κ3) is 6.61. The molecule has 0 aliphatic carbocycles. The number of rotatable bonds is 9. The molecule has 3 rings (SSSR count). The van der Waals surface area contributed by atoms with Gasteiger partial charge in [-0.2, -0.15) is 0 Å². The second-order valence-corrected chi connectivity index (χ2v) is 8.18. The summed E-state index contributed by atoms with van der Waals surface area (Å²) in [5.41, 5.74) is 2.08. The summed E-state index contributed by atoms with van der Waals surface area (Å²) in [4.78, 5) is 12.7. The molecule has 0 aliphatic rings. The monoisotopic (exact) mass is 418 g/mol. The Balaban J connectivity index is 1.60. The summed E-state index contributed by atoms with van der Waals surface area (Å²) in [6.45, 7) is 8.34. The van der Waals surface area contributed by atoms with Crippen LogP contribution in [0.5, 0.6) is 17.2 Å². The molecule has 0 saturated heterocycles. The zero-order valence-corrected chi connectivity index (χ0v) is 18.6. The summed E-state index contributed by atoms with van der Waals surface area (Å²) in [5, 5.41) is 0. The molecule has 0 radical (unpaired) electrons. The zero-order chi connectivity index (χ0) is 22.2. The van der Waals surface area contributed by atoms with E-state index in [2.05, 4.69) is 13.8 Å². The normalized spacial score (nSPS) is 11.9. The van der Waals surface area contributed by atoms with Gasteiger partial charge in [0.2, 0.25) is 0 Å². The van der Waals surface area contributed by atoms with Gasteiger partial charge in [0.25, 0.3) is 0 Å². The van der Waals surface area contributed by atoms with Crippen LogP contribution in [0.3, 0.4) is 0 Å². The smallest absolute Gasteiger partial charge is 0.347 e. The molecular formula is C27H30O4. The van der Waals surface area contributed by atoms with Crippen molar-refractivity contribution in [3.8, 4) is 17.2 Å². The Morgan fingerprint density at radius 3 is 2.10 bits per heavy atom. The largest absolute Gasteiger partial charge is 0.478 e. The van der Waals surface area contributed by atoms with Gasteiger partial charge >= 0.3 is 5.97 Å². The lowest BCUT2D eigenvalue weighted by Crippen LogP contribution is -2.34. The van der Waals surface area contributed by atoms with Gasteiger partial charge in [0.1, 0.15) is 23.9 Å². The Morgan fingerprint density at radius 2 is 1.45 bits per heavy atom. The Labute approximate surface area is 184 Å². The molecule has 3 aromatic carbocycles. The molecule has 31 heavy (non-hydrogen) atoms. The summed E-state index contributed by atoms with van der Waals surface area (Å²) in [5.74, 6) is 2.16. The fourth-order valence-corrected chi connectivity index (χ4v) is 3.09. The standard InChI is InChI=1S/C27H30O4/c1-19(2)22-13-15-24(16-14-22)31-26(20(3)4)27(28)29-18-21-9-8-12-25(17-21)30-23-10-6-5-7-11-23/h5-17,19-20,26H,18H2,1-4H3. The average Bonchev–Trinajstić information content (AvgIpc) is 2.77. The number of benzene rings is 3. The zero-order valence-electron chi connectivity index (χ0n) is 18.6. The summed E-state index contributed by atoms with van der Waals surface area (Å²) in [7, 11) is 0. The van der Waals surface area contributed by atoms with Gasteiger partial charge in [0, 0.05) is 5.92 Å². The van der Waals surface area contributed by atoms with E-state index in [0.29, 0.717) is 17.4 Å². The number of carbonyl (C=O) groups is 1. The number of hydrogen-bond acceptors (Lipinski definition) is 4. The van der Waals surface area contributed by atoms with Gasteiger partial charge in [-0.05, 0) is 53.4 Å². The molecular weight excluding hydrogens is 388 g/mol. The molecule has 4 nitrogen and oxygen atoms in total. The predicted molar refractivity (Wildman–Crippen MR) is 123 cm³/mol. The van der Waals surface area contributed by atoms with Crippen LogP contribution in [0.4, 0.5) is 0 Å². The van der Waals surface area contributed by atoms with Crippen LogP contribution in [0, 0.1) is 5.92 Å². The van der Waals surface area contributed by atoms with Gasteiger partial charge in [0.15, 0.2) is 6.10 Å². The first-order chi connectivity index (χ1) is 14.9. The van der Waals surface area contributed by atoms with Crippen molar-refractivity contribution in [3.05, 3.63) is 90.0 Å². The van der Waals surface area contributed by atoms with Gasteiger partial charge in [-0.1, -0.05) is 70.2 Å². The molecule has 0 heterocycles. The lowest BCUT2D eigenvalue weighted by atomic mass is 10.0. The van der Waals surface area contributed by atoms with E-state index in [1.54, 1.807) is 0 Å². The molecule has 3 aromatic rings. The number of hydrogen-bond donors (Lipinski definition) is 0. The van der Waals surface area contributed by atoms with Crippen molar-refractivity contribution in [2.24, 2.45) is 5.92 Å². The van der Waals surface area contributed by atoms with Crippen molar-refractivity contribution >= 4 is 5.97 Å². The molecule has 0 amide bonds. The fourth-order valence-electron chi connectivity index (χ4n) is 3.09. The lowest BCUT2D eigenvalue weighted by molar-refractivity contribution is -0.155. The minimum Gasteiger partial charge on any atom is -0.478 e. The average molecular weight is 419 g/mol. The first kappa shape index (κ1) is 22.4. The SMILES string of the molecule is CC(C)c1ccc(OC(C(=O)OCc2cccc(Oc3ccccc3)c2)C(C)C)cc1. The van der Waals surface area contributed by atoms with Crippen LogP contribution >= 0.6 is 0 Å². The van der Waals surface area contributed by atoms with Crippen LogP contribution < -0.4 is 9.47 Å². The maximum absolute atomic E-state index is 12.7. The summed E-state index contributed by atoms with van der Waals surface area (Å²) >= 11 is 0. The van der Waals surface area contributed by atoms with Crippen LogP contribution in [0.15, 0.2) is 78.9 Å². The molecule has 0 spiro atoms. The molecule has 0 fully saturated rings. The quantitative estimate of drug-likeness (QED) is 0.361. The lowest BCUT2D eigenvalue weighted by Gasteiger charge is -2.21. The summed E-state index contributed by atoms with van der Waals surface area (Å²) in [6, 6.07) is 25.0. The van der Waals surface area contributed by atoms with Crippen molar-refractivity contribution in [2.45, 2.75) is 46.3 Å². The molecule has 0 bridgehead atoms. The van der Waals surface area contributed by atoms with Crippen molar-refractivity contribution < 1.29 is 19.0 Å². The number of para-hydroxylation sites is 1. The highest BCUT2D eigenvalue weighted by atomic mass is 16.6. The maximum Gasteiger partial charge on any atom is 0.347 e. The van der Waals surface area contributed by atoms with Crippen molar-refractivity contribution in [1.29, 1.82) is 0 Å². The van der Waals surface area contributed by atoms with E-state index >= 15 is 0 Å². The molecule has 0 N–H and O–H groups in total. The maximum atomic E-state index is 12.7. The van der Waals surface area contributed by atoms with Crippen LogP contribution in [-0.4, -0.2) is 12.1 Å². The highest BCUT2D eigenvalue weighted by molar-refractivity contribution is 5.75. The Kier molecular flexibility index (Phi) is 7.71. The van der Waals surface area contributed by atoms with E-state index in [0.717, 1.165) is 11.3 Å². The topological polar surface area (TPSA) is 44.8 Å². The Morgan fingerprint density at radius 1 is 0.774 bits per heavy atom. The van der Waals surface area contributed by atoms with Crippen LogP contribution in [-0.2, 0) is 16.1 Å². The second-order valence-electron chi connectivity index (χ2n) is 8.18. The minimum absolute atomic E-state index is 0.0231. The number of carbonyl (C=O) groups excluding carboxylic acids is 1. The fraction of sp³-hybridized carbons (Fsp3) is 0.296. The minimum atomic E-state index is -0.673. The number of esters is 1. The van der Waals surface area contributed by atoms with Gasteiger partial charge in [-0.3, -0.25) is 0 Å². The molecule has 1 atom stereocenters. The van der Waals surface area contributed by atoms with Crippen LogP contribution in [0.25, 0.3) is 0 Å². The van der Waals surface area contributed by atoms with Crippen molar-refractivity contribution in [2.75, 3.05) is 0 Å². The van der Waals surface area contributed by atoms with Gasteiger partial charge in [0.05, 0.1) is 0 Å². The Hall–Kier alpha value is -3.27. The molecule has 1 unspecified atom stereocenters. The summed E-state index contributed by atoms with van der Waals surface area (Å²) < 4.78 is 17.4. The predicted octanol–water partition coefficient (Wildman–Crippen LogP) is 6.75. The number of ether oxygens (including phenoxy) is 3. The van der Waals surface area contributed by atoms with Gasteiger partial charge in [-0.25, -0.2) is 4.79 Å². The molecule has 0 aromatic heterocycles. The van der Waals surface area contributed by atoms with E-state index < -0.39 is 6.10 Å². The third-order valence-corrected chi connectivity index (χ3v) is 4.91. The highest BCUT2D eigenvalue weighted by Gasteiger charge is 2.26. The molecule has 0 aliphatic heterocycles. The molecule has 4 heteroatoms. The first-order valence-electron chi connectivity index (χ1n) is 10.7. The van der Waals surface area contributed by atoms with E-state index in [1.807, 2.05) is 92.7 Å². The van der Waals surface area contributed by atoms with E-state index in [-0.39, 0.29) is 18.5 Å².